The van der Waals surface area contributed by atoms with Gasteiger partial charge in [-0.25, -0.2) is 8.42 Å². The van der Waals surface area contributed by atoms with Crippen molar-refractivity contribution in [2.45, 2.75) is 30.7 Å². The number of sulfonamides is 1. The van der Waals surface area contributed by atoms with E-state index in [4.69, 9.17) is 0 Å². The van der Waals surface area contributed by atoms with E-state index in [1.54, 1.807) is 31.2 Å². The summed E-state index contributed by atoms with van der Waals surface area (Å²) in [5.41, 5.74) is 0.522. The number of nitrogens with one attached hydrogen (secondary N) is 2. The minimum atomic E-state index is -3.58. The van der Waals surface area contributed by atoms with Gasteiger partial charge in [-0.15, -0.1) is 12.4 Å². The SMILES string of the molecule is CNCC1CCCN(C(=O)C(C)N=C2NS(=O)(=O)c3ccccc32)C1.Cl. The third-order valence-corrected chi connectivity index (χ3v) is 6.06. The van der Waals surface area contributed by atoms with Crippen LogP contribution in [0.1, 0.15) is 25.3 Å². The quantitative estimate of drug-likeness (QED) is 0.788. The number of rotatable bonds is 4. The van der Waals surface area contributed by atoms with Gasteiger partial charge in [-0.2, -0.15) is 0 Å². The molecule has 2 atom stereocenters. The van der Waals surface area contributed by atoms with Crippen LogP contribution >= 0.6 is 12.4 Å². The molecule has 0 bridgehead atoms. The van der Waals surface area contributed by atoms with E-state index in [0.717, 1.165) is 32.5 Å². The third-order valence-electron chi connectivity index (χ3n) is 4.67. The summed E-state index contributed by atoms with van der Waals surface area (Å²) in [5.74, 6) is 0.644. The molecule has 0 aromatic heterocycles. The summed E-state index contributed by atoms with van der Waals surface area (Å²) < 4.78 is 26.7. The van der Waals surface area contributed by atoms with Crippen LogP contribution in [0.5, 0.6) is 0 Å². The summed E-state index contributed by atoms with van der Waals surface area (Å²) in [6, 6.07) is 6.05. The van der Waals surface area contributed by atoms with Crippen molar-refractivity contribution >= 4 is 34.2 Å². The second-order valence-corrected chi connectivity index (χ2v) is 8.26. The Bertz CT molecular complexity index is 795. The molecule has 1 saturated heterocycles. The topological polar surface area (TPSA) is 90.9 Å². The number of likely N-dealkylation sites (tertiary alicyclic amines) is 1. The summed E-state index contributed by atoms with van der Waals surface area (Å²) in [6.45, 7) is 4.06. The highest BCUT2D eigenvalue weighted by atomic mass is 35.5. The average molecular weight is 401 g/mol. The van der Waals surface area contributed by atoms with Crippen LogP contribution in [0.4, 0.5) is 0 Å². The van der Waals surface area contributed by atoms with Crippen molar-refractivity contribution in [3.8, 4) is 0 Å². The van der Waals surface area contributed by atoms with Gasteiger partial charge in [0.15, 0.2) is 0 Å². The largest absolute Gasteiger partial charge is 0.341 e. The zero-order valence-corrected chi connectivity index (χ0v) is 16.6. The van der Waals surface area contributed by atoms with E-state index in [2.05, 4.69) is 15.0 Å². The van der Waals surface area contributed by atoms with E-state index in [0.29, 0.717) is 11.5 Å². The van der Waals surface area contributed by atoms with Crippen molar-refractivity contribution in [2.75, 3.05) is 26.7 Å². The van der Waals surface area contributed by atoms with Crippen LogP contribution in [0.3, 0.4) is 0 Å². The van der Waals surface area contributed by atoms with Crippen LogP contribution in [0.2, 0.25) is 0 Å². The summed E-state index contributed by atoms with van der Waals surface area (Å²) in [6.07, 6.45) is 2.09. The normalized spacial score (nSPS) is 23.7. The number of fused-ring (bicyclic) bond motifs is 1. The zero-order valence-electron chi connectivity index (χ0n) is 14.9. The molecule has 2 heterocycles. The predicted octanol–water partition coefficient (Wildman–Crippen LogP) is 0.993. The Morgan fingerprint density at radius 3 is 2.88 bits per heavy atom. The van der Waals surface area contributed by atoms with Crippen molar-refractivity contribution in [1.29, 1.82) is 0 Å². The third kappa shape index (κ3) is 4.19. The van der Waals surface area contributed by atoms with Crippen LogP contribution in [0, 0.1) is 5.92 Å². The minimum Gasteiger partial charge on any atom is -0.341 e. The van der Waals surface area contributed by atoms with Crippen molar-refractivity contribution in [3.05, 3.63) is 29.8 Å². The number of benzene rings is 1. The van der Waals surface area contributed by atoms with Crippen molar-refractivity contribution in [2.24, 2.45) is 10.9 Å². The minimum absolute atomic E-state index is 0. The summed E-state index contributed by atoms with van der Waals surface area (Å²) in [4.78, 5) is 19.2. The van der Waals surface area contributed by atoms with Crippen LogP contribution in [0.25, 0.3) is 0 Å². The van der Waals surface area contributed by atoms with Crippen LogP contribution in [-0.2, 0) is 14.8 Å². The molecule has 2 unspecified atom stereocenters. The second kappa shape index (κ2) is 8.37. The highest BCUT2D eigenvalue weighted by molar-refractivity contribution is 7.90. The number of amides is 1. The fourth-order valence-electron chi connectivity index (χ4n) is 3.46. The molecule has 144 valence electrons. The monoisotopic (exact) mass is 400 g/mol. The molecule has 3 rings (SSSR count). The Balaban J connectivity index is 0.00000243. The van der Waals surface area contributed by atoms with Gasteiger partial charge in [0.2, 0.25) is 5.91 Å². The Labute approximate surface area is 160 Å². The number of hydrogen-bond donors (Lipinski definition) is 2. The standard InChI is InChI=1S/C17H24N4O3S.ClH/c1-12(17(22)21-9-5-6-13(11-21)10-18-2)19-16-14-7-3-4-8-15(14)25(23,24)20-16;/h3-4,7-8,12-13,18H,5-6,9-11H2,1-2H3,(H,19,20);1H. The maximum absolute atomic E-state index is 12.7. The lowest BCUT2D eigenvalue weighted by atomic mass is 9.97. The smallest absolute Gasteiger partial charge is 0.263 e. The van der Waals surface area contributed by atoms with Gasteiger partial charge in [-0.1, -0.05) is 12.1 Å². The molecule has 0 aliphatic carbocycles. The first-order valence-electron chi connectivity index (χ1n) is 8.56. The molecule has 1 amide bonds. The number of hydrogen-bond acceptors (Lipinski definition) is 5. The van der Waals surface area contributed by atoms with Gasteiger partial charge < -0.3 is 10.2 Å². The Kier molecular flexibility index (Phi) is 6.65. The lowest BCUT2D eigenvalue weighted by molar-refractivity contribution is -0.133. The maximum atomic E-state index is 12.7. The Morgan fingerprint density at radius 2 is 2.15 bits per heavy atom. The molecule has 1 aromatic rings. The number of piperidine rings is 1. The van der Waals surface area contributed by atoms with E-state index in [9.17, 15) is 13.2 Å². The van der Waals surface area contributed by atoms with Gasteiger partial charge in [-0.05, 0) is 51.4 Å². The van der Waals surface area contributed by atoms with E-state index in [1.165, 1.54) is 0 Å². The first kappa shape index (κ1) is 20.7. The van der Waals surface area contributed by atoms with Crippen molar-refractivity contribution in [3.63, 3.8) is 0 Å². The molecule has 1 aromatic carbocycles. The van der Waals surface area contributed by atoms with Gasteiger partial charge in [0.05, 0.1) is 4.90 Å². The number of carbonyl (C=O) groups is 1. The van der Waals surface area contributed by atoms with Crippen LogP contribution in [0.15, 0.2) is 34.2 Å². The first-order valence-corrected chi connectivity index (χ1v) is 10.0. The van der Waals surface area contributed by atoms with Crippen molar-refractivity contribution < 1.29 is 13.2 Å². The molecule has 2 aliphatic heterocycles. The maximum Gasteiger partial charge on any atom is 0.263 e. The van der Waals surface area contributed by atoms with E-state index < -0.39 is 16.1 Å². The lowest BCUT2D eigenvalue weighted by Crippen LogP contribution is -2.46. The molecule has 9 heteroatoms. The number of nitrogens with zero attached hydrogens (tertiary/aromatic N) is 2. The molecule has 26 heavy (non-hydrogen) atoms. The Morgan fingerprint density at radius 1 is 1.42 bits per heavy atom. The molecule has 7 nitrogen and oxygen atoms in total. The first-order chi connectivity index (χ1) is 11.9. The van der Waals surface area contributed by atoms with Crippen molar-refractivity contribution in [1.82, 2.24) is 14.9 Å². The van der Waals surface area contributed by atoms with E-state index in [-0.39, 0.29) is 29.0 Å². The molecule has 0 saturated carbocycles. The van der Waals surface area contributed by atoms with Gasteiger partial charge >= 0.3 is 0 Å². The van der Waals surface area contributed by atoms with Gasteiger partial charge in [-0.3, -0.25) is 14.5 Å². The average Bonchev–Trinajstić information content (AvgIpc) is 2.86. The fraction of sp³-hybridized carbons (Fsp3) is 0.529. The molecular weight excluding hydrogens is 376 g/mol. The summed E-state index contributed by atoms with van der Waals surface area (Å²) in [7, 11) is -1.67. The summed E-state index contributed by atoms with van der Waals surface area (Å²) >= 11 is 0. The number of halogens is 1. The van der Waals surface area contributed by atoms with Gasteiger partial charge in [0.1, 0.15) is 11.9 Å². The van der Waals surface area contributed by atoms with Crippen LogP contribution < -0.4 is 10.0 Å². The lowest BCUT2D eigenvalue weighted by Gasteiger charge is -2.33. The summed E-state index contributed by atoms with van der Waals surface area (Å²) in [5, 5.41) is 3.16. The second-order valence-electron chi connectivity index (χ2n) is 6.61. The number of carbonyl (C=O) groups excluding carboxylic acids is 1. The number of amidine groups is 1. The molecule has 2 aliphatic rings. The highest BCUT2D eigenvalue weighted by Gasteiger charge is 2.32. The van der Waals surface area contributed by atoms with Gasteiger partial charge in [0, 0.05) is 18.7 Å². The molecule has 0 spiro atoms. The van der Waals surface area contributed by atoms with Crippen LogP contribution in [-0.4, -0.2) is 57.8 Å². The van der Waals surface area contributed by atoms with E-state index in [1.807, 2.05) is 11.9 Å². The van der Waals surface area contributed by atoms with Gasteiger partial charge in [0.25, 0.3) is 10.0 Å². The fourth-order valence-corrected chi connectivity index (χ4v) is 4.70. The molecule has 1 fully saturated rings. The van der Waals surface area contributed by atoms with E-state index >= 15 is 0 Å². The molecule has 0 radical (unpaired) electrons. The highest BCUT2D eigenvalue weighted by Crippen LogP contribution is 2.23. The molecule has 2 N–H and O–H groups in total. The predicted molar refractivity (Wildman–Crippen MR) is 103 cm³/mol. The zero-order chi connectivity index (χ0) is 18.0. The number of aliphatic imine (C=N–C) groups is 1. The Hall–Kier alpha value is -1.64. The molecular formula is C17H25ClN4O3S.